The van der Waals surface area contributed by atoms with E-state index >= 15 is 0 Å². The number of hydrogen-bond acceptors (Lipinski definition) is 4. The molecule has 0 saturated carbocycles. The van der Waals surface area contributed by atoms with Gasteiger partial charge in [0.1, 0.15) is 5.69 Å². The van der Waals surface area contributed by atoms with Crippen LogP contribution in [-0.2, 0) is 4.74 Å². The van der Waals surface area contributed by atoms with Crippen molar-refractivity contribution in [2.75, 3.05) is 11.9 Å². The number of nitrogens with one attached hydrogen (secondary N) is 2. The van der Waals surface area contributed by atoms with Crippen LogP contribution in [0.2, 0.25) is 0 Å². The molecule has 0 aliphatic carbocycles. The number of anilines is 1. The van der Waals surface area contributed by atoms with Crippen LogP contribution in [0, 0.1) is 13.8 Å². The number of aromatic nitrogens is 1. The Kier molecular flexibility index (Phi) is 5.18. The summed E-state index contributed by atoms with van der Waals surface area (Å²) in [6.07, 6.45) is 0. The normalized spacial score (nSPS) is 10.3. The average molecular weight is 328 g/mol. The Balaban J connectivity index is 2.22. The van der Waals surface area contributed by atoms with Gasteiger partial charge in [0.25, 0.3) is 5.91 Å². The van der Waals surface area contributed by atoms with Gasteiger partial charge in [-0.25, -0.2) is 4.79 Å². The van der Waals surface area contributed by atoms with Gasteiger partial charge in [-0.1, -0.05) is 0 Å². The van der Waals surface area contributed by atoms with Crippen molar-refractivity contribution in [3.63, 3.8) is 0 Å². The third-order valence-electron chi connectivity index (χ3n) is 3.69. The first kappa shape index (κ1) is 17.5. The number of hydrogen-bond donors (Lipinski definition) is 2. The van der Waals surface area contributed by atoms with Crippen LogP contribution in [0.4, 0.5) is 5.69 Å². The van der Waals surface area contributed by atoms with Crippen LogP contribution in [0.15, 0.2) is 24.3 Å². The molecule has 2 rings (SSSR count). The second-order valence-corrected chi connectivity index (χ2v) is 5.43. The van der Waals surface area contributed by atoms with Crippen molar-refractivity contribution in [3.8, 4) is 0 Å². The highest BCUT2D eigenvalue weighted by molar-refractivity contribution is 6.07. The summed E-state index contributed by atoms with van der Waals surface area (Å²) in [5.41, 5.74) is 2.96. The lowest BCUT2D eigenvalue weighted by Crippen LogP contribution is -2.14. The molecule has 24 heavy (non-hydrogen) atoms. The van der Waals surface area contributed by atoms with E-state index in [0.717, 1.165) is 0 Å². The molecule has 0 saturated heterocycles. The Labute approximate surface area is 140 Å². The van der Waals surface area contributed by atoms with Crippen molar-refractivity contribution in [2.24, 2.45) is 0 Å². The van der Waals surface area contributed by atoms with Crippen LogP contribution < -0.4 is 5.32 Å². The second kappa shape index (κ2) is 7.12. The fourth-order valence-electron chi connectivity index (χ4n) is 2.47. The van der Waals surface area contributed by atoms with Crippen molar-refractivity contribution in [2.45, 2.75) is 27.7 Å². The number of Topliss-reactive ketones (excluding diaryl/α,β-unsaturated/α-hetero) is 1. The number of aromatic amines is 1. The fraction of sp³-hybridized carbons (Fsp3) is 0.278. The number of ether oxygens (including phenoxy) is 1. The topological polar surface area (TPSA) is 88.3 Å². The van der Waals surface area contributed by atoms with E-state index in [-0.39, 0.29) is 18.3 Å². The van der Waals surface area contributed by atoms with Gasteiger partial charge in [-0.2, -0.15) is 0 Å². The first-order valence-corrected chi connectivity index (χ1v) is 7.63. The third kappa shape index (κ3) is 3.53. The van der Waals surface area contributed by atoms with Crippen LogP contribution in [0.5, 0.6) is 0 Å². The molecule has 2 aromatic rings. The van der Waals surface area contributed by atoms with Crippen molar-refractivity contribution >= 4 is 23.3 Å². The van der Waals surface area contributed by atoms with E-state index in [1.807, 2.05) is 0 Å². The van der Waals surface area contributed by atoms with Crippen molar-refractivity contribution in [3.05, 3.63) is 52.3 Å². The van der Waals surface area contributed by atoms with E-state index in [9.17, 15) is 14.4 Å². The first-order valence-electron chi connectivity index (χ1n) is 7.63. The quantitative estimate of drug-likeness (QED) is 0.651. The Hall–Kier alpha value is -2.89. The van der Waals surface area contributed by atoms with Crippen LogP contribution in [0.1, 0.15) is 56.3 Å². The Morgan fingerprint density at radius 3 is 2.29 bits per heavy atom. The van der Waals surface area contributed by atoms with Crippen LogP contribution in [0.25, 0.3) is 0 Å². The number of esters is 1. The molecule has 6 heteroatoms. The van der Waals surface area contributed by atoms with Gasteiger partial charge in [-0.3, -0.25) is 9.59 Å². The number of carbonyl (C=O) groups is 3. The number of benzene rings is 1. The number of carbonyl (C=O) groups excluding carboxylic acids is 3. The maximum Gasteiger partial charge on any atom is 0.340 e. The number of rotatable bonds is 5. The van der Waals surface area contributed by atoms with E-state index in [0.29, 0.717) is 33.8 Å². The molecule has 0 radical (unpaired) electrons. The highest BCUT2D eigenvalue weighted by Crippen LogP contribution is 2.20. The number of amides is 1. The van der Waals surface area contributed by atoms with Crippen LogP contribution in [0.3, 0.4) is 0 Å². The molecule has 126 valence electrons. The van der Waals surface area contributed by atoms with E-state index in [1.165, 1.54) is 6.92 Å². The molecule has 0 fully saturated rings. The monoisotopic (exact) mass is 328 g/mol. The highest BCUT2D eigenvalue weighted by Gasteiger charge is 2.22. The van der Waals surface area contributed by atoms with E-state index in [1.54, 1.807) is 45.0 Å². The summed E-state index contributed by atoms with van der Waals surface area (Å²) in [5.74, 6) is -0.849. The zero-order valence-corrected chi connectivity index (χ0v) is 14.1. The predicted molar refractivity (Wildman–Crippen MR) is 90.6 cm³/mol. The van der Waals surface area contributed by atoms with Gasteiger partial charge in [-0.05, 0) is 57.5 Å². The summed E-state index contributed by atoms with van der Waals surface area (Å²) >= 11 is 0. The zero-order valence-electron chi connectivity index (χ0n) is 14.1. The molecular weight excluding hydrogens is 308 g/mol. The SMILES string of the molecule is CCOC(=O)c1c(C)[nH]c(C(=O)Nc2ccc(C(C)=O)cc2)c1C. The van der Waals surface area contributed by atoms with Gasteiger partial charge in [0.2, 0.25) is 0 Å². The minimum absolute atomic E-state index is 0.0391. The van der Waals surface area contributed by atoms with Gasteiger partial charge in [0, 0.05) is 16.9 Å². The number of H-pyrrole nitrogens is 1. The standard InChI is InChI=1S/C18H20N2O4/c1-5-24-18(23)15-10(2)16(19-11(15)3)17(22)20-14-8-6-13(7-9-14)12(4)21/h6-9,19H,5H2,1-4H3,(H,20,22). The molecule has 0 spiro atoms. The Bertz CT molecular complexity index is 788. The minimum Gasteiger partial charge on any atom is -0.462 e. The van der Waals surface area contributed by atoms with Gasteiger partial charge in [-0.15, -0.1) is 0 Å². The molecule has 0 aliphatic heterocycles. The number of ketones is 1. The minimum atomic E-state index is -0.450. The molecule has 1 aromatic heterocycles. The summed E-state index contributed by atoms with van der Waals surface area (Å²) in [6, 6.07) is 6.61. The zero-order chi connectivity index (χ0) is 17.9. The summed E-state index contributed by atoms with van der Waals surface area (Å²) in [7, 11) is 0. The van der Waals surface area contributed by atoms with Gasteiger partial charge in [0.15, 0.2) is 5.78 Å². The molecule has 0 aliphatic rings. The summed E-state index contributed by atoms with van der Waals surface area (Å²) in [6.45, 7) is 6.90. The van der Waals surface area contributed by atoms with Gasteiger partial charge in [0.05, 0.1) is 12.2 Å². The van der Waals surface area contributed by atoms with Crippen molar-refractivity contribution in [1.29, 1.82) is 0 Å². The second-order valence-electron chi connectivity index (χ2n) is 5.43. The summed E-state index contributed by atoms with van der Waals surface area (Å²) in [4.78, 5) is 38.6. The Morgan fingerprint density at radius 2 is 1.75 bits per heavy atom. The van der Waals surface area contributed by atoms with Gasteiger partial charge < -0.3 is 15.0 Å². The molecule has 0 atom stereocenters. The lowest BCUT2D eigenvalue weighted by molar-refractivity contribution is 0.0525. The Morgan fingerprint density at radius 1 is 1.12 bits per heavy atom. The molecular formula is C18H20N2O4. The van der Waals surface area contributed by atoms with Crippen LogP contribution in [-0.4, -0.2) is 29.3 Å². The maximum absolute atomic E-state index is 12.4. The van der Waals surface area contributed by atoms with Crippen molar-refractivity contribution < 1.29 is 19.1 Å². The smallest absolute Gasteiger partial charge is 0.340 e. The van der Waals surface area contributed by atoms with Gasteiger partial charge >= 0.3 is 5.97 Å². The van der Waals surface area contributed by atoms with E-state index < -0.39 is 5.97 Å². The highest BCUT2D eigenvalue weighted by atomic mass is 16.5. The molecule has 0 bridgehead atoms. The molecule has 0 unspecified atom stereocenters. The largest absolute Gasteiger partial charge is 0.462 e. The molecule has 1 heterocycles. The molecule has 2 N–H and O–H groups in total. The molecule has 1 aromatic carbocycles. The molecule has 1 amide bonds. The maximum atomic E-state index is 12.4. The predicted octanol–water partition coefficient (Wildman–Crippen LogP) is 3.26. The fourth-order valence-corrected chi connectivity index (χ4v) is 2.47. The first-order chi connectivity index (χ1) is 11.3. The lowest BCUT2D eigenvalue weighted by Gasteiger charge is -2.06. The molecule has 6 nitrogen and oxygen atoms in total. The summed E-state index contributed by atoms with van der Waals surface area (Å²) < 4.78 is 5.01. The van der Waals surface area contributed by atoms with Crippen LogP contribution >= 0.6 is 0 Å². The van der Waals surface area contributed by atoms with Crippen molar-refractivity contribution in [1.82, 2.24) is 4.98 Å². The summed E-state index contributed by atoms with van der Waals surface area (Å²) in [5, 5.41) is 2.74. The van der Waals surface area contributed by atoms with E-state index in [4.69, 9.17) is 4.74 Å². The van der Waals surface area contributed by atoms with E-state index in [2.05, 4.69) is 10.3 Å². The number of aryl methyl sites for hydroxylation is 1. The lowest BCUT2D eigenvalue weighted by atomic mass is 10.1. The average Bonchev–Trinajstić information content (AvgIpc) is 2.83. The third-order valence-corrected chi connectivity index (χ3v) is 3.69.